The third-order valence-corrected chi connectivity index (χ3v) is 5.07. The first kappa shape index (κ1) is 22.1. The number of rotatable bonds is 9. The van der Waals surface area contributed by atoms with Crippen molar-refractivity contribution in [2.24, 2.45) is 16.5 Å². The largest absolute Gasteiger partial charge is 0.382 e. The predicted octanol–water partition coefficient (Wildman–Crippen LogP) is 1.51. The molecule has 1 amide bonds. The summed E-state index contributed by atoms with van der Waals surface area (Å²) < 4.78 is 48.7. The molecule has 1 aromatic carbocycles. The van der Waals surface area contributed by atoms with Crippen molar-refractivity contribution < 1.29 is 27.3 Å². The van der Waals surface area contributed by atoms with Crippen LogP contribution >= 0.6 is 11.8 Å². The quantitative estimate of drug-likeness (QED) is 0.229. The molecule has 30 heavy (non-hydrogen) atoms. The van der Waals surface area contributed by atoms with Crippen LogP contribution in [0.1, 0.15) is 24.1 Å². The van der Waals surface area contributed by atoms with E-state index in [0.717, 1.165) is 12.1 Å². The van der Waals surface area contributed by atoms with Crippen LogP contribution in [0.15, 0.2) is 32.8 Å². The number of nitrogens with zero attached hydrogens (tertiary/aromatic N) is 3. The van der Waals surface area contributed by atoms with Gasteiger partial charge < -0.3 is 21.5 Å². The van der Waals surface area contributed by atoms with Gasteiger partial charge in [-0.3, -0.25) is 4.79 Å². The molecule has 1 aliphatic heterocycles. The van der Waals surface area contributed by atoms with Gasteiger partial charge in [0.15, 0.2) is 16.6 Å². The van der Waals surface area contributed by atoms with Crippen LogP contribution in [-0.4, -0.2) is 53.1 Å². The smallest absolute Gasteiger partial charge is 0.266 e. The van der Waals surface area contributed by atoms with E-state index in [4.69, 9.17) is 16.2 Å². The number of hydrogen-bond donors (Lipinski definition) is 3. The summed E-state index contributed by atoms with van der Waals surface area (Å²) in [5.41, 5.74) is 10.6. The number of nitrogens with two attached hydrogens (primary N) is 2. The Balaban J connectivity index is 1.56. The minimum Gasteiger partial charge on any atom is -0.382 e. The normalized spacial score (nSPS) is 15.8. The van der Waals surface area contributed by atoms with Crippen LogP contribution in [0.2, 0.25) is 0 Å². The highest BCUT2D eigenvalue weighted by molar-refractivity contribution is 7.99. The zero-order valence-electron chi connectivity index (χ0n) is 15.6. The number of alkyl halides is 2. The van der Waals surface area contributed by atoms with E-state index in [1.807, 2.05) is 0 Å². The van der Waals surface area contributed by atoms with E-state index >= 15 is 0 Å². The fourth-order valence-electron chi connectivity index (χ4n) is 2.58. The van der Waals surface area contributed by atoms with Gasteiger partial charge in [-0.15, -0.1) is 0 Å². The van der Waals surface area contributed by atoms with Crippen LogP contribution in [0.3, 0.4) is 0 Å². The first-order valence-electron chi connectivity index (χ1n) is 8.78. The van der Waals surface area contributed by atoms with Crippen molar-refractivity contribution in [2.45, 2.75) is 23.4 Å². The Morgan fingerprint density at radius 2 is 2.13 bits per heavy atom. The van der Waals surface area contributed by atoms with Crippen molar-refractivity contribution in [2.75, 3.05) is 25.5 Å². The first-order chi connectivity index (χ1) is 14.3. The number of hydrogen-bond acceptors (Lipinski definition) is 8. The van der Waals surface area contributed by atoms with Gasteiger partial charge in [0.25, 0.3) is 6.43 Å². The molecular weight excluding hydrogens is 425 g/mol. The molecule has 0 spiro atoms. The third kappa shape index (κ3) is 5.49. The minimum absolute atomic E-state index is 0.0334. The number of nitrogens with one attached hydrogen (secondary N) is 1. The van der Waals surface area contributed by atoms with Gasteiger partial charge in [-0.1, -0.05) is 11.8 Å². The number of amides is 1. The van der Waals surface area contributed by atoms with Crippen molar-refractivity contribution in [3.05, 3.63) is 35.3 Å². The number of carbonyl (C=O) groups is 1. The fourth-order valence-corrected chi connectivity index (χ4v) is 3.34. The van der Waals surface area contributed by atoms with E-state index in [1.165, 1.54) is 17.8 Å². The Kier molecular flexibility index (Phi) is 6.95. The Bertz CT molecular complexity index is 935. The molecule has 2 heterocycles. The van der Waals surface area contributed by atoms with E-state index in [2.05, 4.69) is 25.3 Å². The maximum Gasteiger partial charge on any atom is 0.266 e. The number of ether oxygens (including phenoxy) is 1. The van der Waals surface area contributed by atoms with E-state index in [9.17, 15) is 18.0 Å². The van der Waals surface area contributed by atoms with Gasteiger partial charge >= 0.3 is 0 Å². The van der Waals surface area contributed by atoms with Gasteiger partial charge in [-0.05, 0) is 28.5 Å². The summed E-state index contributed by atoms with van der Waals surface area (Å²) in [7, 11) is 0. The summed E-state index contributed by atoms with van der Waals surface area (Å²) in [6.45, 7) is 1.04. The van der Waals surface area contributed by atoms with Crippen molar-refractivity contribution in [3.8, 4) is 0 Å². The second-order valence-corrected chi connectivity index (χ2v) is 7.74. The van der Waals surface area contributed by atoms with Crippen LogP contribution in [0.4, 0.5) is 18.9 Å². The van der Waals surface area contributed by atoms with Gasteiger partial charge in [0.2, 0.25) is 5.91 Å². The lowest BCUT2D eigenvalue weighted by molar-refractivity contribution is -0.128. The predicted molar refractivity (Wildman–Crippen MR) is 102 cm³/mol. The average molecular weight is 444 g/mol. The average Bonchev–Trinajstić information content (AvgIpc) is 3.14. The summed E-state index contributed by atoms with van der Waals surface area (Å²) >= 11 is 1.20. The molecule has 1 aliphatic rings. The number of carbonyl (C=O) groups excluding carboxylic acids is 1. The van der Waals surface area contributed by atoms with Crippen molar-refractivity contribution in [1.82, 2.24) is 15.6 Å². The van der Waals surface area contributed by atoms with Crippen molar-refractivity contribution >= 4 is 29.2 Å². The summed E-state index contributed by atoms with van der Waals surface area (Å²) in [4.78, 5) is 15.9. The zero-order valence-corrected chi connectivity index (χ0v) is 16.4. The summed E-state index contributed by atoms with van der Waals surface area (Å²) in [5.74, 6) is -0.925. The molecule has 0 atom stereocenters. The van der Waals surface area contributed by atoms with Crippen molar-refractivity contribution in [1.29, 1.82) is 0 Å². The molecule has 9 nitrogen and oxygen atoms in total. The Labute approximate surface area is 173 Å². The number of halogens is 3. The fraction of sp³-hybridized carbons (Fsp3) is 0.412. The highest BCUT2D eigenvalue weighted by Crippen LogP contribution is 2.27. The van der Waals surface area contributed by atoms with Crippen LogP contribution in [0, 0.1) is 5.82 Å². The lowest BCUT2D eigenvalue weighted by Gasteiger charge is -2.37. The standard InChI is InChI=1S/C17H19F3N6O3S/c18-11-2-1-9(5-10(11)14(19)20)24-15(21)13-16(26-29-25-13)30-4-3-23-12(27)6-17(22)7-28-8-17/h1-2,5,14H,3-4,6-8,22H2,(H2,21,24)(H,23,27). The Morgan fingerprint density at radius 1 is 1.37 bits per heavy atom. The van der Waals surface area contributed by atoms with Crippen molar-refractivity contribution in [3.63, 3.8) is 0 Å². The molecule has 0 bridgehead atoms. The highest BCUT2D eigenvalue weighted by atomic mass is 32.2. The molecule has 5 N–H and O–H groups in total. The van der Waals surface area contributed by atoms with E-state index in [-0.39, 0.29) is 29.5 Å². The summed E-state index contributed by atoms with van der Waals surface area (Å²) in [5, 5.41) is 10.4. The molecule has 0 aliphatic carbocycles. The molecule has 3 rings (SSSR count). The van der Waals surface area contributed by atoms with Gasteiger partial charge in [0, 0.05) is 18.7 Å². The summed E-state index contributed by atoms with van der Waals surface area (Å²) in [6, 6.07) is 3.00. The molecule has 13 heteroatoms. The van der Waals surface area contributed by atoms with E-state index in [0.29, 0.717) is 30.5 Å². The van der Waals surface area contributed by atoms with Gasteiger partial charge in [-0.25, -0.2) is 22.8 Å². The van der Waals surface area contributed by atoms with E-state index in [1.54, 1.807) is 0 Å². The number of thioether (sulfide) groups is 1. The third-order valence-electron chi connectivity index (χ3n) is 4.12. The molecule has 0 radical (unpaired) electrons. The SMILES string of the molecule is NC(=Nc1ccc(F)c(C(F)F)c1)c1nonc1SCCNC(=O)CC1(N)COC1. The maximum absolute atomic E-state index is 13.4. The molecule has 1 aromatic heterocycles. The molecule has 0 saturated carbocycles. The lowest BCUT2D eigenvalue weighted by Crippen LogP contribution is -2.59. The van der Waals surface area contributed by atoms with Crippen LogP contribution in [-0.2, 0) is 9.53 Å². The monoisotopic (exact) mass is 444 g/mol. The van der Waals surface area contributed by atoms with Gasteiger partial charge in [0.1, 0.15) is 5.82 Å². The van der Waals surface area contributed by atoms with Crippen LogP contribution in [0.5, 0.6) is 0 Å². The Hall–Kier alpha value is -2.64. The molecule has 2 aromatic rings. The first-order valence-corrected chi connectivity index (χ1v) is 9.77. The highest BCUT2D eigenvalue weighted by Gasteiger charge is 2.36. The lowest BCUT2D eigenvalue weighted by atomic mass is 9.94. The molecule has 1 fully saturated rings. The van der Waals surface area contributed by atoms with Crippen LogP contribution in [0.25, 0.3) is 0 Å². The summed E-state index contributed by atoms with van der Waals surface area (Å²) in [6.07, 6.45) is -2.81. The minimum atomic E-state index is -2.98. The Morgan fingerprint density at radius 3 is 2.80 bits per heavy atom. The zero-order chi connectivity index (χ0) is 21.7. The number of aliphatic imine (C=N–C) groups is 1. The molecule has 162 valence electrons. The second-order valence-electron chi connectivity index (χ2n) is 6.65. The van der Waals surface area contributed by atoms with Gasteiger partial charge in [0.05, 0.1) is 30.0 Å². The molecule has 0 unspecified atom stereocenters. The van der Waals surface area contributed by atoms with Crippen LogP contribution < -0.4 is 16.8 Å². The number of benzene rings is 1. The molecular formula is C17H19F3N6O3S. The van der Waals surface area contributed by atoms with Gasteiger partial charge in [-0.2, -0.15) is 0 Å². The number of aromatic nitrogens is 2. The number of amidine groups is 1. The maximum atomic E-state index is 13.4. The topological polar surface area (TPSA) is 142 Å². The van der Waals surface area contributed by atoms with E-state index < -0.39 is 23.3 Å². The second kappa shape index (κ2) is 9.45. The molecule has 1 saturated heterocycles.